The van der Waals surface area contributed by atoms with E-state index in [4.69, 9.17) is 20.7 Å². The van der Waals surface area contributed by atoms with Crippen molar-refractivity contribution in [1.82, 2.24) is 0 Å². The summed E-state index contributed by atoms with van der Waals surface area (Å²) in [6.45, 7) is 1.23. The number of aliphatic hydroxyl groups excluding tert-OH is 3. The van der Waals surface area contributed by atoms with Gasteiger partial charge in [-0.15, -0.1) is 0 Å². The summed E-state index contributed by atoms with van der Waals surface area (Å²) in [7, 11) is 0. The van der Waals surface area contributed by atoms with Gasteiger partial charge in [0.1, 0.15) is 6.10 Å². The van der Waals surface area contributed by atoms with Crippen molar-refractivity contribution in [2.45, 2.75) is 25.2 Å². The highest BCUT2D eigenvalue weighted by Gasteiger charge is 2.19. The largest absolute Gasteiger partial charge is 0.394 e. The molecule has 0 spiro atoms. The van der Waals surface area contributed by atoms with E-state index in [9.17, 15) is 5.11 Å². The van der Waals surface area contributed by atoms with Crippen molar-refractivity contribution in [2.75, 3.05) is 19.8 Å². The van der Waals surface area contributed by atoms with E-state index in [1.165, 1.54) is 0 Å². The van der Waals surface area contributed by atoms with Crippen molar-refractivity contribution in [1.29, 1.82) is 0 Å². The van der Waals surface area contributed by atoms with Crippen molar-refractivity contribution in [3.05, 3.63) is 0 Å². The van der Waals surface area contributed by atoms with Crippen LogP contribution in [0.25, 0.3) is 0 Å². The first-order valence-corrected chi connectivity index (χ1v) is 3.91. The Balaban J connectivity index is 3.81. The normalized spacial score (nSPS) is 18.8. The van der Waals surface area contributed by atoms with E-state index in [1.807, 2.05) is 0 Å². The maximum absolute atomic E-state index is 9.17. The van der Waals surface area contributed by atoms with Crippen molar-refractivity contribution in [2.24, 2.45) is 5.73 Å². The van der Waals surface area contributed by atoms with Crippen LogP contribution < -0.4 is 5.73 Å². The van der Waals surface area contributed by atoms with Gasteiger partial charge < -0.3 is 25.8 Å². The summed E-state index contributed by atoms with van der Waals surface area (Å²) in [6.07, 6.45) is -2.00. The Morgan fingerprint density at radius 3 is 2.25 bits per heavy atom. The Morgan fingerprint density at radius 1 is 1.33 bits per heavy atom. The number of aliphatic hydroxyl groups is 3. The molecule has 0 aliphatic rings. The lowest BCUT2D eigenvalue weighted by molar-refractivity contribution is -0.101. The van der Waals surface area contributed by atoms with E-state index in [2.05, 4.69) is 0 Å². The van der Waals surface area contributed by atoms with Crippen LogP contribution in [0.4, 0.5) is 0 Å². The first-order chi connectivity index (χ1) is 5.65. The minimum atomic E-state index is -0.885. The van der Waals surface area contributed by atoms with Gasteiger partial charge in [0.2, 0.25) is 0 Å². The zero-order valence-corrected chi connectivity index (χ0v) is 7.18. The molecular formula is C7H17NO4. The van der Waals surface area contributed by atoms with Crippen molar-refractivity contribution >= 4 is 0 Å². The molecule has 0 fully saturated rings. The number of nitrogens with two attached hydrogens (primary N) is 1. The molecule has 0 saturated carbocycles. The van der Waals surface area contributed by atoms with Crippen LogP contribution in [-0.2, 0) is 4.74 Å². The van der Waals surface area contributed by atoms with Crippen LogP contribution in [-0.4, -0.2) is 53.4 Å². The molecule has 0 aliphatic carbocycles. The van der Waals surface area contributed by atoms with Crippen LogP contribution in [0.15, 0.2) is 0 Å². The van der Waals surface area contributed by atoms with Crippen molar-refractivity contribution < 1.29 is 20.1 Å². The second-order valence-corrected chi connectivity index (χ2v) is 2.65. The molecule has 0 aliphatic heterocycles. The standard InChI is InChI=1S/C7H17NO4/c1-5(3-9)12-7(4-10)6(11)2-8/h5-7,9-11H,2-4,8H2,1H3/t5-,6-,7?/m0/s1. The van der Waals surface area contributed by atoms with Gasteiger partial charge in [0.05, 0.1) is 25.4 Å². The van der Waals surface area contributed by atoms with Crippen LogP contribution in [0.5, 0.6) is 0 Å². The lowest BCUT2D eigenvalue weighted by atomic mass is 10.2. The number of hydrogen-bond donors (Lipinski definition) is 4. The molecule has 12 heavy (non-hydrogen) atoms. The Kier molecular flexibility index (Phi) is 6.23. The highest BCUT2D eigenvalue weighted by molar-refractivity contribution is 4.69. The summed E-state index contributed by atoms with van der Waals surface area (Å²) in [6, 6.07) is 0. The Morgan fingerprint density at radius 2 is 1.92 bits per heavy atom. The average molecular weight is 179 g/mol. The van der Waals surface area contributed by atoms with Crippen LogP contribution in [0.1, 0.15) is 6.92 Å². The first-order valence-electron chi connectivity index (χ1n) is 3.91. The monoisotopic (exact) mass is 179 g/mol. The number of rotatable bonds is 6. The molecule has 0 amide bonds. The molecule has 0 aromatic carbocycles. The van der Waals surface area contributed by atoms with Gasteiger partial charge >= 0.3 is 0 Å². The summed E-state index contributed by atoms with van der Waals surface area (Å²) in [4.78, 5) is 0. The van der Waals surface area contributed by atoms with Crippen LogP contribution >= 0.6 is 0 Å². The highest BCUT2D eigenvalue weighted by atomic mass is 16.5. The van der Waals surface area contributed by atoms with Gasteiger partial charge in [-0.1, -0.05) is 0 Å². The maximum Gasteiger partial charge on any atom is 0.108 e. The molecule has 3 atom stereocenters. The molecule has 0 bridgehead atoms. The van der Waals surface area contributed by atoms with E-state index in [1.54, 1.807) is 6.92 Å². The molecule has 0 aromatic heterocycles. The van der Waals surface area contributed by atoms with Crippen LogP contribution in [0.2, 0.25) is 0 Å². The molecule has 0 radical (unpaired) electrons. The van der Waals surface area contributed by atoms with E-state index in [-0.39, 0.29) is 19.8 Å². The van der Waals surface area contributed by atoms with Crippen LogP contribution in [0.3, 0.4) is 0 Å². The summed E-state index contributed by atoms with van der Waals surface area (Å²) in [5.41, 5.74) is 5.16. The molecule has 5 nitrogen and oxygen atoms in total. The molecule has 5 heteroatoms. The fourth-order valence-corrected chi connectivity index (χ4v) is 0.749. The predicted molar refractivity (Wildman–Crippen MR) is 43.6 cm³/mol. The second-order valence-electron chi connectivity index (χ2n) is 2.65. The Bertz CT molecular complexity index is 112. The van der Waals surface area contributed by atoms with Gasteiger partial charge in [0.15, 0.2) is 0 Å². The third-order valence-corrected chi connectivity index (χ3v) is 1.51. The van der Waals surface area contributed by atoms with Crippen LogP contribution in [0, 0.1) is 0 Å². The van der Waals surface area contributed by atoms with E-state index in [0.29, 0.717) is 0 Å². The predicted octanol–water partition coefficient (Wildman–Crippen LogP) is -1.94. The molecule has 0 rings (SSSR count). The molecule has 5 N–H and O–H groups in total. The summed E-state index contributed by atoms with van der Waals surface area (Å²) in [5, 5.41) is 26.5. The topological polar surface area (TPSA) is 95.9 Å². The summed E-state index contributed by atoms with van der Waals surface area (Å²) in [5.74, 6) is 0. The van der Waals surface area contributed by atoms with Crippen molar-refractivity contribution in [3.8, 4) is 0 Å². The number of ether oxygens (including phenoxy) is 1. The zero-order chi connectivity index (χ0) is 9.56. The van der Waals surface area contributed by atoms with Gasteiger partial charge in [-0.3, -0.25) is 0 Å². The second kappa shape index (κ2) is 6.33. The number of hydrogen-bond acceptors (Lipinski definition) is 5. The lowest BCUT2D eigenvalue weighted by Crippen LogP contribution is -2.40. The van der Waals surface area contributed by atoms with Gasteiger partial charge in [-0.2, -0.15) is 0 Å². The lowest BCUT2D eigenvalue weighted by Gasteiger charge is -2.23. The Hall–Kier alpha value is -0.200. The summed E-state index contributed by atoms with van der Waals surface area (Å²) >= 11 is 0. The minimum Gasteiger partial charge on any atom is -0.394 e. The van der Waals surface area contributed by atoms with E-state index < -0.39 is 18.3 Å². The maximum atomic E-state index is 9.17. The minimum absolute atomic E-state index is 0.0311. The molecule has 0 aromatic rings. The van der Waals surface area contributed by atoms with Crippen molar-refractivity contribution in [3.63, 3.8) is 0 Å². The molecule has 74 valence electrons. The fourth-order valence-electron chi connectivity index (χ4n) is 0.749. The molecule has 0 heterocycles. The highest BCUT2D eigenvalue weighted by Crippen LogP contribution is 2.01. The van der Waals surface area contributed by atoms with E-state index >= 15 is 0 Å². The third kappa shape index (κ3) is 3.99. The quantitative estimate of drug-likeness (QED) is 0.380. The molecular weight excluding hydrogens is 162 g/mol. The van der Waals surface area contributed by atoms with Gasteiger partial charge in [0.25, 0.3) is 0 Å². The van der Waals surface area contributed by atoms with Gasteiger partial charge in [-0.25, -0.2) is 0 Å². The molecule has 1 unspecified atom stereocenters. The first kappa shape index (κ1) is 11.8. The smallest absolute Gasteiger partial charge is 0.108 e. The fraction of sp³-hybridized carbons (Fsp3) is 1.00. The zero-order valence-electron chi connectivity index (χ0n) is 7.18. The molecule has 0 saturated heterocycles. The summed E-state index contributed by atoms with van der Waals surface area (Å²) < 4.78 is 5.07. The van der Waals surface area contributed by atoms with Gasteiger partial charge in [-0.05, 0) is 6.92 Å². The van der Waals surface area contributed by atoms with E-state index in [0.717, 1.165) is 0 Å². The SMILES string of the molecule is C[C@@H](CO)OC(CO)[C@@H](O)CN. The van der Waals surface area contributed by atoms with Gasteiger partial charge in [0, 0.05) is 6.54 Å². The Labute approximate surface area is 71.8 Å². The average Bonchev–Trinajstić information content (AvgIpc) is 2.12. The third-order valence-electron chi connectivity index (χ3n) is 1.51.